The summed E-state index contributed by atoms with van der Waals surface area (Å²) in [6.07, 6.45) is 2.56. The van der Waals surface area contributed by atoms with Gasteiger partial charge >= 0.3 is 0 Å². The van der Waals surface area contributed by atoms with E-state index in [0.717, 1.165) is 13.1 Å². The minimum Gasteiger partial charge on any atom is -0.355 e. The van der Waals surface area contributed by atoms with Crippen LogP contribution in [0.1, 0.15) is 33.6 Å². The molecule has 1 amide bonds. The van der Waals surface area contributed by atoms with E-state index in [1.807, 2.05) is 0 Å². The van der Waals surface area contributed by atoms with E-state index in [1.165, 1.54) is 19.4 Å². The van der Waals surface area contributed by atoms with Crippen LogP contribution in [0.3, 0.4) is 0 Å². The highest BCUT2D eigenvalue weighted by Crippen LogP contribution is 2.27. The van der Waals surface area contributed by atoms with Gasteiger partial charge in [-0.2, -0.15) is 0 Å². The van der Waals surface area contributed by atoms with Crippen LogP contribution in [0.2, 0.25) is 0 Å². The molecule has 13 heavy (non-hydrogen) atoms. The van der Waals surface area contributed by atoms with Gasteiger partial charge in [0, 0.05) is 25.6 Å². The summed E-state index contributed by atoms with van der Waals surface area (Å²) in [5, 5.41) is 2.83. The molecule has 1 rings (SSSR count). The lowest BCUT2D eigenvalue weighted by Gasteiger charge is -2.31. The molecule has 0 radical (unpaired) electrons. The molecular formula is C10H20N2O. The van der Waals surface area contributed by atoms with E-state index in [4.69, 9.17) is 0 Å². The molecule has 0 saturated carbocycles. The molecule has 76 valence electrons. The van der Waals surface area contributed by atoms with Crippen LogP contribution in [-0.2, 0) is 4.79 Å². The van der Waals surface area contributed by atoms with Gasteiger partial charge in [0.25, 0.3) is 0 Å². The number of nitrogens with zero attached hydrogens (tertiary/aromatic N) is 1. The Morgan fingerprint density at radius 3 is 2.69 bits per heavy atom. The molecule has 1 aliphatic rings. The summed E-state index contributed by atoms with van der Waals surface area (Å²) in [5.41, 5.74) is 0.332. The van der Waals surface area contributed by atoms with E-state index in [0.29, 0.717) is 5.54 Å². The first-order valence-electron chi connectivity index (χ1n) is 5.02. The zero-order valence-electron chi connectivity index (χ0n) is 8.89. The lowest BCUT2D eigenvalue weighted by Crippen LogP contribution is -2.42. The second kappa shape index (κ2) is 4.09. The third-order valence-corrected chi connectivity index (χ3v) is 2.83. The highest BCUT2D eigenvalue weighted by molar-refractivity contribution is 5.72. The van der Waals surface area contributed by atoms with Crippen LogP contribution >= 0.6 is 0 Å². The molecule has 3 heteroatoms. The van der Waals surface area contributed by atoms with Gasteiger partial charge in [0.2, 0.25) is 5.91 Å². The first kappa shape index (κ1) is 10.5. The topological polar surface area (TPSA) is 32.3 Å². The molecule has 0 spiro atoms. The molecule has 3 nitrogen and oxygen atoms in total. The minimum atomic E-state index is 0.0667. The van der Waals surface area contributed by atoms with Crippen LogP contribution in [0.15, 0.2) is 0 Å². The Morgan fingerprint density at radius 2 is 2.23 bits per heavy atom. The summed E-state index contributed by atoms with van der Waals surface area (Å²) in [4.78, 5) is 13.1. The first-order valence-corrected chi connectivity index (χ1v) is 5.02. The molecule has 0 unspecified atom stereocenters. The molecule has 1 aliphatic heterocycles. The van der Waals surface area contributed by atoms with Crippen molar-refractivity contribution in [1.82, 2.24) is 10.2 Å². The van der Waals surface area contributed by atoms with Gasteiger partial charge in [-0.05, 0) is 33.2 Å². The number of hydrogen-bond donors (Lipinski definition) is 1. The second-order valence-electron chi connectivity index (χ2n) is 4.39. The number of amides is 1. The fraction of sp³-hybridized carbons (Fsp3) is 0.900. The van der Waals surface area contributed by atoms with E-state index in [1.54, 1.807) is 6.92 Å². The average Bonchev–Trinajstić information content (AvgIpc) is 2.30. The van der Waals surface area contributed by atoms with Crippen molar-refractivity contribution in [2.75, 3.05) is 19.6 Å². The van der Waals surface area contributed by atoms with Gasteiger partial charge in [-0.15, -0.1) is 0 Å². The van der Waals surface area contributed by atoms with Gasteiger partial charge in [0.1, 0.15) is 0 Å². The minimum absolute atomic E-state index is 0.0667. The van der Waals surface area contributed by atoms with Gasteiger partial charge in [-0.25, -0.2) is 0 Å². The van der Waals surface area contributed by atoms with E-state index in [9.17, 15) is 4.79 Å². The van der Waals surface area contributed by atoms with E-state index in [-0.39, 0.29) is 5.91 Å². The zero-order valence-corrected chi connectivity index (χ0v) is 8.89. The third-order valence-electron chi connectivity index (χ3n) is 2.83. The highest BCUT2D eigenvalue weighted by Gasteiger charge is 2.30. The maximum Gasteiger partial charge on any atom is 0.216 e. The number of likely N-dealkylation sites (tertiary alicyclic amines) is 1. The zero-order chi connectivity index (χ0) is 9.90. The SMILES string of the molecule is CC(=O)NCCN1CCCC1(C)C. The molecule has 0 atom stereocenters. The molecule has 1 N–H and O–H groups in total. The fourth-order valence-corrected chi connectivity index (χ4v) is 1.94. The van der Waals surface area contributed by atoms with Crippen molar-refractivity contribution in [3.8, 4) is 0 Å². The highest BCUT2D eigenvalue weighted by atomic mass is 16.1. The summed E-state index contributed by atoms with van der Waals surface area (Å²) in [5.74, 6) is 0.0667. The number of carbonyl (C=O) groups is 1. The number of carbonyl (C=O) groups excluding carboxylic acids is 1. The van der Waals surface area contributed by atoms with Gasteiger partial charge in [0.05, 0.1) is 0 Å². The van der Waals surface area contributed by atoms with Gasteiger partial charge in [-0.3, -0.25) is 9.69 Å². The van der Waals surface area contributed by atoms with Crippen molar-refractivity contribution in [3.05, 3.63) is 0 Å². The van der Waals surface area contributed by atoms with Crippen molar-refractivity contribution < 1.29 is 4.79 Å². The maximum atomic E-state index is 10.6. The predicted molar refractivity (Wildman–Crippen MR) is 53.6 cm³/mol. The quantitative estimate of drug-likeness (QED) is 0.709. The lowest BCUT2D eigenvalue weighted by molar-refractivity contribution is -0.119. The largest absolute Gasteiger partial charge is 0.355 e. The average molecular weight is 184 g/mol. The molecule has 1 heterocycles. The van der Waals surface area contributed by atoms with E-state index < -0.39 is 0 Å². The fourth-order valence-electron chi connectivity index (χ4n) is 1.94. The smallest absolute Gasteiger partial charge is 0.216 e. The van der Waals surface area contributed by atoms with Crippen LogP contribution in [0, 0.1) is 0 Å². The third kappa shape index (κ3) is 2.99. The van der Waals surface area contributed by atoms with Crippen LogP contribution < -0.4 is 5.32 Å². The molecule has 0 aromatic rings. The Morgan fingerprint density at radius 1 is 1.54 bits per heavy atom. The molecule has 1 fully saturated rings. The van der Waals surface area contributed by atoms with Crippen LogP contribution in [0.4, 0.5) is 0 Å². The standard InChI is InChI=1S/C10H20N2O/c1-9(13)11-6-8-12-7-4-5-10(12,2)3/h4-8H2,1-3H3,(H,11,13). The van der Waals surface area contributed by atoms with Crippen LogP contribution in [0.5, 0.6) is 0 Å². The van der Waals surface area contributed by atoms with E-state index in [2.05, 4.69) is 24.1 Å². The molecule has 1 saturated heterocycles. The second-order valence-corrected chi connectivity index (χ2v) is 4.39. The molecule has 0 aromatic carbocycles. The Bertz CT molecular complexity index is 189. The molecular weight excluding hydrogens is 164 g/mol. The number of rotatable bonds is 3. The van der Waals surface area contributed by atoms with Gasteiger partial charge in [0.15, 0.2) is 0 Å². The summed E-state index contributed by atoms with van der Waals surface area (Å²) < 4.78 is 0. The summed E-state index contributed by atoms with van der Waals surface area (Å²) in [6.45, 7) is 9.04. The van der Waals surface area contributed by atoms with Crippen molar-refractivity contribution in [3.63, 3.8) is 0 Å². The van der Waals surface area contributed by atoms with Gasteiger partial charge < -0.3 is 5.32 Å². The van der Waals surface area contributed by atoms with E-state index >= 15 is 0 Å². The van der Waals surface area contributed by atoms with Crippen molar-refractivity contribution in [2.24, 2.45) is 0 Å². The number of hydrogen-bond acceptors (Lipinski definition) is 2. The van der Waals surface area contributed by atoms with Crippen molar-refractivity contribution in [2.45, 2.75) is 39.2 Å². The van der Waals surface area contributed by atoms with Crippen molar-refractivity contribution >= 4 is 5.91 Å². The molecule has 0 aromatic heterocycles. The summed E-state index contributed by atoms with van der Waals surface area (Å²) in [6, 6.07) is 0. The van der Waals surface area contributed by atoms with Crippen molar-refractivity contribution in [1.29, 1.82) is 0 Å². The Balaban J connectivity index is 2.25. The maximum absolute atomic E-state index is 10.6. The lowest BCUT2D eigenvalue weighted by atomic mass is 10.0. The predicted octanol–water partition coefficient (Wildman–Crippen LogP) is 0.997. The Hall–Kier alpha value is -0.570. The first-order chi connectivity index (χ1) is 6.02. The monoisotopic (exact) mass is 184 g/mol. The summed E-state index contributed by atoms with van der Waals surface area (Å²) in [7, 11) is 0. The van der Waals surface area contributed by atoms with Crippen LogP contribution in [-0.4, -0.2) is 36.0 Å². The van der Waals surface area contributed by atoms with Crippen LogP contribution in [0.25, 0.3) is 0 Å². The Kier molecular flexibility index (Phi) is 3.31. The number of nitrogens with one attached hydrogen (secondary N) is 1. The molecule has 0 aliphatic carbocycles. The van der Waals surface area contributed by atoms with Gasteiger partial charge in [-0.1, -0.05) is 0 Å². The Labute approximate surface area is 80.5 Å². The normalized spacial score (nSPS) is 21.8. The molecule has 0 bridgehead atoms. The summed E-state index contributed by atoms with van der Waals surface area (Å²) >= 11 is 0.